The van der Waals surface area contributed by atoms with E-state index in [1.807, 2.05) is 12.1 Å². The summed E-state index contributed by atoms with van der Waals surface area (Å²) in [4.78, 5) is 31.1. The highest BCUT2D eigenvalue weighted by atomic mass is 32.2. The minimum absolute atomic E-state index is 0.0528. The van der Waals surface area contributed by atoms with E-state index in [9.17, 15) is 9.59 Å². The predicted octanol–water partition coefficient (Wildman–Crippen LogP) is 2.82. The zero-order valence-electron chi connectivity index (χ0n) is 16.2. The molecule has 30 heavy (non-hydrogen) atoms. The summed E-state index contributed by atoms with van der Waals surface area (Å²) in [6.45, 7) is 2.26. The minimum Gasteiger partial charge on any atom is -0.378 e. The van der Waals surface area contributed by atoms with Gasteiger partial charge in [-0.3, -0.25) is 14.7 Å². The van der Waals surface area contributed by atoms with E-state index in [4.69, 9.17) is 4.74 Å². The molecule has 1 aliphatic heterocycles. The highest BCUT2D eigenvalue weighted by Crippen LogP contribution is 2.19. The van der Waals surface area contributed by atoms with Crippen LogP contribution in [0.4, 0.5) is 5.69 Å². The SMILES string of the molecule is O=C(Nc1cccc(C(=O)N2CCOCC2)c1)c1ccc(CSc2ncn[nH]2)cc1. The fourth-order valence-electron chi connectivity index (χ4n) is 3.05. The lowest BCUT2D eigenvalue weighted by molar-refractivity contribution is 0.0303. The summed E-state index contributed by atoms with van der Waals surface area (Å²) in [5.41, 5.74) is 2.76. The lowest BCUT2D eigenvalue weighted by Gasteiger charge is -2.27. The Bertz CT molecular complexity index is 1000. The molecule has 2 amide bonds. The van der Waals surface area contributed by atoms with Gasteiger partial charge in [0.15, 0.2) is 5.16 Å². The Morgan fingerprint density at radius 1 is 1.10 bits per heavy atom. The van der Waals surface area contributed by atoms with Crippen LogP contribution in [0.25, 0.3) is 0 Å². The van der Waals surface area contributed by atoms with Crippen LogP contribution in [0.15, 0.2) is 60.0 Å². The van der Waals surface area contributed by atoms with Crippen molar-refractivity contribution >= 4 is 29.3 Å². The number of thioether (sulfide) groups is 1. The number of hydrogen-bond acceptors (Lipinski definition) is 6. The standard InChI is InChI=1S/C21H21N5O3S/c27-19(16-6-4-15(5-7-16)13-30-21-22-14-23-25-21)24-18-3-1-2-17(12-18)20(28)26-8-10-29-11-9-26/h1-7,12,14H,8-11,13H2,(H,24,27)(H,22,23,25). The molecule has 0 bridgehead atoms. The van der Waals surface area contributed by atoms with Gasteiger partial charge in [-0.25, -0.2) is 4.98 Å². The molecule has 2 heterocycles. The van der Waals surface area contributed by atoms with Gasteiger partial charge in [-0.05, 0) is 35.9 Å². The number of ether oxygens (including phenoxy) is 1. The van der Waals surface area contributed by atoms with Gasteiger partial charge in [0.1, 0.15) is 6.33 Å². The summed E-state index contributed by atoms with van der Waals surface area (Å²) in [7, 11) is 0. The second-order valence-corrected chi connectivity index (χ2v) is 7.68. The van der Waals surface area contributed by atoms with Gasteiger partial charge in [0.05, 0.1) is 13.2 Å². The van der Waals surface area contributed by atoms with Crippen LogP contribution in [-0.4, -0.2) is 58.2 Å². The van der Waals surface area contributed by atoms with Gasteiger partial charge in [-0.1, -0.05) is 30.0 Å². The molecule has 1 aromatic heterocycles. The summed E-state index contributed by atoms with van der Waals surface area (Å²) in [5.74, 6) is 0.450. The van der Waals surface area contributed by atoms with E-state index in [0.717, 1.165) is 16.5 Å². The number of rotatable bonds is 6. The highest BCUT2D eigenvalue weighted by Gasteiger charge is 2.19. The Hall–Kier alpha value is -3.17. The number of hydrogen-bond donors (Lipinski definition) is 2. The van der Waals surface area contributed by atoms with Gasteiger partial charge in [0, 0.05) is 35.7 Å². The van der Waals surface area contributed by atoms with Crippen molar-refractivity contribution in [3.8, 4) is 0 Å². The lowest BCUT2D eigenvalue weighted by Crippen LogP contribution is -2.40. The van der Waals surface area contributed by atoms with Crippen LogP contribution < -0.4 is 5.32 Å². The van der Waals surface area contributed by atoms with Gasteiger partial charge in [-0.2, -0.15) is 5.10 Å². The van der Waals surface area contributed by atoms with E-state index < -0.39 is 0 Å². The van der Waals surface area contributed by atoms with Crippen LogP contribution in [0.1, 0.15) is 26.3 Å². The monoisotopic (exact) mass is 423 g/mol. The van der Waals surface area contributed by atoms with E-state index in [-0.39, 0.29) is 11.8 Å². The third kappa shape index (κ3) is 5.05. The van der Waals surface area contributed by atoms with Gasteiger partial charge < -0.3 is 15.0 Å². The number of aromatic amines is 1. The average molecular weight is 423 g/mol. The number of amides is 2. The number of aromatic nitrogens is 3. The molecule has 3 aromatic rings. The molecule has 4 rings (SSSR count). The molecular weight excluding hydrogens is 402 g/mol. The van der Waals surface area contributed by atoms with Gasteiger partial charge >= 0.3 is 0 Å². The van der Waals surface area contributed by atoms with Crippen molar-refractivity contribution in [3.63, 3.8) is 0 Å². The van der Waals surface area contributed by atoms with Crippen molar-refractivity contribution in [3.05, 3.63) is 71.5 Å². The van der Waals surface area contributed by atoms with E-state index in [2.05, 4.69) is 20.5 Å². The molecule has 154 valence electrons. The number of anilines is 1. The topological polar surface area (TPSA) is 100 Å². The highest BCUT2D eigenvalue weighted by molar-refractivity contribution is 7.98. The fourth-order valence-corrected chi connectivity index (χ4v) is 3.78. The van der Waals surface area contributed by atoms with Gasteiger partial charge in [0.2, 0.25) is 0 Å². The molecular formula is C21H21N5O3S. The summed E-state index contributed by atoms with van der Waals surface area (Å²) >= 11 is 1.54. The second kappa shape index (κ2) is 9.55. The van der Waals surface area contributed by atoms with Crippen molar-refractivity contribution in [2.45, 2.75) is 10.9 Å². The third-order valence-electron chi connectivity index (χ3n) is 4.65. The summed E-state index contributed by atoms with van der Waals surface area (Å²) < 4.78 is 5.29. The zero-order valence-corrected chi connectivity index (χ0v) is 17.0. The van der Waals surface area contributed by atoms with Crippen LogP contribution in [0.3, 0.4) is 0 Å². The molecule has 0 spiro atoms. The third-order valence-corrected chi connectivity index (χ3v) is 5.60. The van der Waals surface area contributed by atoms with Crippen molar-refractivity contribution < 1.29 is 14.3 Å². The minimum atomic E-state index is -0.222. The van der Waals surface area contributed by atoms with E-state index in [1.165, 1.54) is 18.1 Å². The smallest absolute Gasteiger partial charge is 0.255 e. The first-order chi connectivity index (χ1) is 14.7. The first-order valence-electron chi connectivity index (χ1n) is 9.54. The Morgan fingerprint density at radius 2 is 1.90 bits per heavy atom. The van der Waals surface area contributed by atoms with E-state index in [0.29, 0.717) is 43.1 Å². The second-order valence-electron chi connectivity index (χ2n) is 6.72. The molecule has 2 N–H and O–H groups in total. The summed E-state index contributed by atoms with van der Waals surface area (Å²) in [6.07, 6.45) is 1.47. The average Bonchev–Trinajstić information content (AvgIpc) is 3.32. The molecule has 0 radical (unpaired) electrons. The van der Waals surface area contributed by atoms with Crippen LogP contribution in [0.5, 0.6) is 0 Å². The normalized spacial score (nSPS) is 13.8. The molecule has 1 saturated heterocycles. The Balaban J connectivity index is 1.36. The van der Waals surface area contributed by atoms with Crippen molar-refractivity contribution in [2.75, 3.05) is 31.6 Å². The number of carbonyl (C=O) groups is 2. The number of morpholine rings is 1. The zero-order chi connectivity index (χ0) is 20.8. The number of H-pyrrole nitrogens is 1. The molecule has 0 atom stereocenters. The molecule has 9 heteroatoms. The molecule has 0 aliphatic carbocycles. The first kappa shape index (κ1) is 20.1. The molecule has 8 nitrogen and oxygen atoms in total. The van der Waals surface area contributed by atoms with Crippen LogP contribution in [0, 0.1) is 0 Å². The molecule has 0 saturated carbocycles. The summed E-state index contributed by atoms with van der Waals surface area (Å²) in [5, 5.41) is 10.2. The van der Waals surface area contributed by atoms with Crippen molar-refractivity contribution in [2.24, 2.45) is 0 Å². The number of carbonyl (C=O) groups excluding carboxylic acids is 2. The maximum atomic E-state index is 12.6. The number of benzene rings is 2. The Kier molecular flexibility index (Phi) is 6.41. The van der Waals surface area contributed by atoms with Gasteiger partial charge in [0.25, 0.3) is 11.8 Å². The van der Waals surface area contributed by atoms with Crippen LogP contribution in [-0.2, 0) is 10.5 Å². The number of nitrogens with one attached hydrogen (secondary N) is 2. The first-order valence-corrected chi connectivity index (χ1v) is 10.5. The largest absolute Gasteiger partial charge is 0.378 e. The van der Waals surface area contributed by atoms with Gasteiger partial charge in [-0.15, -0.1) is 0 Å². The fraction of sp³-hybridized carbons (Fsp3) is 0.238. The molecule has 2 aromatic carbocycles. The summed E-state index contributed by atoms with van der Waals surface area (Å²) in [6, 6.07) is 14.4. The predicted molar refractivity (Wildman–Crippen MR) is 114 cm³/mol. The Morgan fingerprint density at radius 3 is 2.63 bits per heavy atom. The van der Waals surface area contributed by atoms with Crippen molar-refractivity contribution in [1.29, 1.82) is 0 Å². The molecule has 0 unspecified atom stereocenters. The Labute approximate surface area is 178 Å². The van der Waals surface area contributed by atoms with Crippen LogP contribution >= 0.6 is 11.8 Å². The van der Waals surface area contributed by atoms with Crippen molar-refractivity contribution in [1.82, 2.24) is 20.1 Å². The van der Waals surface area contributed by atoms with E-state index >= 15 is 0 Å². The maximum absolute atomic E-state index is 12.6. The molecule has 1 fully saturated rings. The molecule has 1 aliphatic rings. The lowest BCUT2D eigenvalue weighted by atomic mass is 10.1. The van der Waals surface area contributed by atoms with E-state index in [1.54, 1.807) is 41.3 Å². The quantitative estimate of drug-likeness (QED) is 0.592. The number of nitrogens with zero attached hydrogens (tertiary/aromatic N) is 3. The van der Waals surface area contributed by atoms with Crippen LogP contribution in [0.2, 0.25) is 0 Å². The maximum Gasteiger partial charge on any atom is 0.255 e.